The van der Waals surface area contributed by atoms with Crippen LogP contribution in [0.5, 0.6) is 0 Å². The van der Waals surface area contributed by atoms with Crippen molar-refractivity contribution in [2.45, 2.75) is 18.9 Å². The fourth-order valence-corrected chi connectivity index (χ4v) is 3.81. The van der Waals surface area contributed by atoms with Gasteiger partial charge in [-0.15, -0.1) is 0 Å². The molecule has 0 unspecified atom stereocenters. The molecule has 1 atom stereocenters. The number of hydrogen-bond acceptors (Lipinski definition) is 4. The number of amides is 2. The minimum Gasteiger partial charge on any atom is -0.465 e. The molecule has 4 rings (SSSR count). The number of nitrogens with one attached hydrogen (secondary N) is 1. The van der Waals surface area contributed by atoms with E-state index in [4.69, 9.17) is 4.74 Å². The molecule has 2 aromatic rings. The van der Waals surface area contributed by atoms with Crippen LogP contribution in [0, 0.1) is 0 Å². The Morgan fingerprint density at radius 1 is 1.12 bits per heavy atom. The van der Waals surface area contributed by atoms with Crippen LogP contribution in [0.15, 0.2) is 48.5 Å². The van der Waals surface area contributed by atoms with Crippen molar-refractivity contribution in [2.75, 3.05) is 35.3 Å². The molecule has 0 saturated carbocycles. The number of urea groups is 1. The summed E-state index contributed by atoms with van der Waals surface area (Å²) >= 11 is 0. The Bertz CT molecular complexity index is 852. The standard InChI is InChI=1S/C20H21N3O3/c1-26-19(24)14-6-4-7-15(12-14)21-20(25)23-13-16-8-5-11-22(16)17-9-2-3-10-18(17)23/h2-4,6-7,9-10,12,16H,5,8,11,13H2,1H3,(H,21,25)/t16-/m0/s1. The van der Waals surface area contributed by atoms with Gasteiger partial charge in [0, 0.05) is 24.8 Å². The van der Waals surface area contributed by atoms with Gasteiger partial charge in [0.2, 0.25) is 0 Å². The van der Waals surface area contributed by atoms with Gasteiger partial charge in [-0.05, 0) is 43.2 Å². The van der Waals surface area contributed by atoms with Crippen LogP contribution in [0.4, 0.5) is 21.9 Å². The molecule has 26 heavy (non-hydrogen) atoms. The van der Waals surface area contributed by atoms with Crippen LogP contribution < -0.4 is 15.1 Å². The largest absolute Gasteiger partial charge is 0.465 e. The monoisotopic (exact) mass is 351 g/mol. The van der Waals surface area contributed by atoms with E-state index in [1.54, 1.807) is 29.2 Å². The maximum Gasteiger partial charge on any atom is 0.337 e. The molecule has 2 aliphatic heterocycles. The predicted octanol–water partition coefficient (Wildman–Crippen LogP) is 3.49. The van der Waals surface area contributed by atoms with Gasteiger partial charge in [-0.25, -0.2) is 9.59 Å². The van der Waals surface area contributed by atoms with Crippen LogP contribution in [0.3, 0.4) is 0 Å². The normalized spacial score (nSPS) is 18.1. The number of carbonyl (C=O) groups is 2. The Morgan fingerprint density at radius 3 is 2.73 bits per heavy atom. The smallest absolute Gasteiger partial charge is 0.337 e. The molecule has 1 fully saturated rings. The first-order valence-electron chi connectivity index (χ1n) is 8.80. The Morgan fingerprint density at radius 2 is 1.92 bits per heavy atom. The van der Waals surface area contributed by atoms with Crippen LogP contribution in [-0.2, 0) is 4.74 Å². The molecule has 2 aliphatic rings. The number of para-hydroxylation sites is 2. The number of carbonyl (C=O) groups excluding carboxylic acids is 2. The van der Waals surface area contributed by atoms with Crippen molar-refractivity contribution in [2.24, 2.45) is 0 Å². The molecule has 1 N–H and O–H groups in total. The van der Waals surface area contributed by atoms with Crippen LogP contribution in [0.1, 0.15) is 23.2 Å². The SMILES string of the molecule is COC(=O)c1cccc(NC(=O)N2C[C@@H]3CCCN3c3ccccc32)c1. The second-order valence-corrected chi connectivity index (χ2v) is 6.59. The van der Waals surface area contributed by atoms with Crippen molar-refractivity contribution in [1.82, 2.24) is 0 Å². The first-order chi connectivity index (χ1) is 12.7. The summed E-state index contributed by atoms with van der Waals surface area (Å²) in [6.45, 7) is 1.71. The fraction of sp³-hybridized carbons (Fsp3) is 0.300. The number of ether oxygens (including phenoxy) is 1. The van der Waals surface area contributed by atoms with Gasteiger partial charge in [0.05, 0.1) is 24.0 Å². The highest BCUT2D eigenvalue weighted by molar-refractivity contribution is 6.05. The molecule has 0 aliphatic carbocycles. The number of esters is 1. The topological polar surface area (TPSA) is 61.9 Å². The van der Waals surface area contributed by atoms with Gasteiger partial charge in [-0.2, -0.15) is 0 Å². The predicted molar refractivity (Wildman–Crippen MR) is 101 cm³/mol. The Balaban J connectivity index is 1.59. The number of hydrogen-bond donors (Lipinski definition) is 1. The Labute approximate surface area is 152 Å². The third-order valence-corrected chi connectivity index (χ3v) is 5.03. The van der Waals surface area contributed by atoms with Crippen LogP contribution in [-0.4, -0.2) is 38.2 Å². The molecule has 2 heterocycles. The number of nitrogens with zero attached hydrogens (tertiary/aromatic N) is 2. The maximum atomic E-state index is 12.9. The van der Waals surface area contributed by atoms with E-state index in [9.17, 15) is 9.59 Å². The highest BCUT2D eigenvalue weighted by Crippen LogP contribution is 2.39. The summed E-state index contributed by atoms with van der Waals surface area (Å²) in [5.74, 6) is -0.425. The molecule has 2 aromatic carbocycles. The van der Waals surface area contributed by atoms with Crippen molar-refractivity contribution in [3.05, 3.63) is 54.1 Å². The average molecular weight is 351 g/mol. The van der Waals surface area contributed by atoms with E-state index in [0.717, 1.165) is 30.8 Å². The highest BCUT2D eigenvalue weighted by Gasteiger charge is 2.36. The minimum atomic E-state index is -0.425. The summed E-state index contributed by atoms with van der Waals surface area (Å²) in [4.78, 5) is 28.8. The summed E-state index contributed by atoms with van der Waals surface area (Å²) in [6.07, 6.45) is 2.24. The number of rotatable bonds is 2. The number of fused-ring (bicyclic) bond motifs is 3. The maximum absolute atomic E-state index is 12.9. The molecule has 6 nitrogen and oxygen atoms in total. The average Bonchev–Trinajstić information content (AvgIpc) is 3.16. The second kappa shape index (κ2) is 6.71. The summed E-state index contributed by atoms with van der Waals surface area (Å²) < 4.78 is 4.74. The van der Waals surface area contributed by atoms with E-state index in [2.05, 4.69) is 16.3 Å². The van der Waals surface area contributed by atoms with Crippen molar-refractivity contribution in [3.63, 3.8) is 0 Å². The highest BCUT2D eigenvalue weighted by atomic mass is 16.5. The van der Waals surface area contributed by atoms with Crippen molar-refractivity contribution < 1.29 is 14.3 Å². The summed E-state index contributed by atoms with van der Waals surface area (Å²) in [5.41, 5.74) is 3.02. The Hall–Kier alpha value is -3.02. The lowest BCUT2D eigenvalue weighted by Crippen LogP contribution is -2.49. The molecule has 0 spiro atoms. The van der Waals surface area contributed by atoms with E-state index >= 15 is 0 Å². The molecule has 1 saturated heterocycles. The number of anilines is 3. The van der Waals surface area contributed by atoms with E-state index in [0.29, 0.717) is 23.8 Å². The molecule has 134 valence electrons. The first kappa shape index (κ1) is 16.4. The van der Waals surface area contributed by atoms with Gasteiger partial charge >= 0.3 is 12.0 Å². The zero-order valence-electron chi connectivity index (χ0n) is 14.6. The van der Waals surface area contributed by atoms with Crippen LogP contribution >= 0.6 is 0 Å². The second-order valence-electron chi connectivity index (χ2n) is 6.59. The number of benzene rings is 2. The summed E-state index contributed by atoms with van der Waals surface area (Å²) in [6, 6.07) is 15.0. The lowest BCUT2D eigenvalue weighted by molar-refractivity contribution is 0.0600. The Kier molecular flexibility index (Phi) is 4.24. The molecule has 0 radical (unpaired) electrons. The zero-order valence-corrected chi connectivity index (χ0v) is 14.6. The lowest BCUT2D eigenvalue weighted by atomic mass is 10.1. The van der Waals surface area contributed by atoms with Crippen molar-refractivity contribution in [1.29, 1.82) is 0 Å². The lowest BCUT2D eigenvalue weighted by Gasteiger charge is -2.40. The van der Waals surface area contributed by atoms with Crippen molar-refractivity contribution in [3.8, 4) is 0 Å². The van der Waals surface area contributed by atoms with Gasteiger partial charge in [0.1, 0.15) is 0 Å². The third-order valence-electron chi connectivity index (χ3n) is 5.03. The van der Waals surface area contributed by atoms with Gasteiger partial charge in [0.15, 0.2) is 0 Å². The van der Waals surface area contributed by atoms with Crippen molar-refractivity contribution >= 4 is 29.1 Å². The molecular weight excluding hydrogens is 330 g/mol. The molecule has 0 bridgehead atoms. The van der Waals surface area contributed by atoms with Gasteiger partial charge in [0.25, 0.3) is 0 Å². The van der Waals surface area contributed by atoms with Gasteiger partial charge in [-0.1, -0.05) is 18.2 Å². The van der Waals surface area contributed by atoms with Gasteiger partial charge < -0.3 is 15.0 Å². The molecule has 0 aromatic heterocycles. The van der Waals surface area contributed by atoms with Crippen LogP contribution in [0.25, 0.3) is 0 Å². The minimum absolute atomic E-state index is 0.189. The van der Waals surface area contributed by atoms with E-state index in [1.807, 2.05) is 18.2 Å². The molecule has 2 amide bonds. The van der Waals surface area contributed by atoms with E-state index < -0.39 is 5.97 Å². The van der Waals surface area contributed by atoms with Crippen LogP contribution in [0.2, 0.25) is 0 Å². The third kappa shape index (κ3) is 2.87. The van der Waals surface area contributed by atoms with E-state index in [-0.39, 0.29) is 6.03 Å². The van der Waals surface area contributed by atoms with E-state index in [1.165, 1.54) is 7.11 Å². The zero-order chi connectivity index (χ0) is 18.1. The van der Waals surface area contributed by atoms with Gasteiger partial charge in [-0.3, -0.25) is 4.90 Å². The fourth-order valence-electron chi connectivity index (χ4n) is 3.81. The first-order valence-corrected chi connectivity index (χ1v) is 8.80. The molecule has 6 heteroatoms. The quantitative estimate of drug-likeness (QED) is 0.842. The summed E-state index contributed by atoms with van der Waals surface area (Å²) in [5, 5.41) is 2.91. The molecular formula is C20H21N3O3. The number of methoxy groups -OCH3 is 1. The summed E-state index contributed by atoms with van der Waals surface area (Å²) in [7, 11) is 1.34.